The number of hydrogen-bond acceptors (Lipinski definition) is 4. The maximum absolute atomic E-state index is 12.2. The molecule has 3 N–H and O–H groups in total. The predicted molar refractivity (Wildman–Crippen MR) is 79.0 cm³/mol. The Morgan fingerprint density at radius 1 is 1.33 bits per heavy atom. The van der Waals surface area contributed by atoms with Crippen LogP contribution in [0.2, 0.25) is 0 Å². The van der Waals surface area contributed by atoms with Gasteiger partial charge in [0.05, 0.1) is 10.5 Å². The molecule has 1 saturated carbocycles. The van der Waals surface area contributed by atoms with Crippen LogP contribution in [0.1, 0.15) is 35.2 Å². The van der Waals surface area contributed by atoms with E-state index in [1.165, 1.54) is 38.0 Å². The monoisotopic (exact) mass is 312 g/mol. The third kappa shape index (κ3) is 4.26. The van der Waals surface area contributed by atoms with Crippen molar-refractivity contribution in [1.82, 2.24) is 10.0 Å². The smallest absolute Gasteiger partial charge is 0.335 e. The van der Waals surface area contributed by atoms with Gasteiger partial charge in [-0.1, -0.05) is 6.07 Å². The van der Waals surface area contributed by atoms with Gasteiger partial charge in [0, 0.05) is 12.6 Å². The summed E-state index contributed by atoms with van der Waals surface area (Å²) in [6.07, 6.45) is 3.10. The predicted octanol–water partition coefficient (Wildman–Crippen LogP) is 1.11. The second-order valence-electron chi connectivity index (χ2n) is 5.21. The minimum Gasteiger partial charge on any atom is -0.478 e. The van der Waals surface area contributed by atoms with E-state index in [2.05, 4.69) is 10.0 Å². The summed E-state index contributed by atoms with van der Waals surface area (Å²) in [7, 11) is -3.67. The minimum atomic E-state index is -3.67. The zero-order valence-corrected chi connectivity index (χ0v) is 12.7. The van der Waals surface area contributed by atoms with Crippen molar-refractivity contribution in [3.63, 3.8) is 0 Å². The van der Waals surface area contributed by atoms with E-state index < -0.39 is 16.0 Å². The van der Waals surface area contributed by atoms with Crippen LogP contribution in [0.5, 0.6) is 0 Å². The molecule has 0 atom stereocenters. The molecule has 0 spiro atoms. The number of carbonyl (C=O) groups is 1. The van der Waals surface area contributed by atoms with Crippen molar-refractivity contribution in [2.75, 3.05) is 13.1 Å². The summed E-state index contributed by atoms with van der Waals surface area (Å²) in [6.45, 7) is 2.62. The Bertz CT molecular complexity index is 624. The standard InChI is InChI=1S/C14H20N2O4S/c1-10-12(14(17)18)4-2-5-13(10)21(19,20)16-9-3-8-15-11-6-7-11/h2,4-5,11,15-16H,3,6-9H2,1H3,(H,17,18). The van der Waals surface area contributed by atoms with E-state index in [1.54, 1.807) is 0 Å². The Morgan fingerprint density at radius 2 is 2.05 bits per heavy atom. The van der Waals surface area contributed by atoms with Crippen LogP contribution < -0.4 is 10.0 Å². The van der Waals surface area contributed by atoms with Crippen molar-refractivity contribution in [3.8, 4) is 0 Å². The topological polar surface area (TPSA) is 95.5 Å². The Labute approximate surface area is 124 Å². The van der Waals surface area contributed by atoms with Crippen LogP contribution in [0.4, 0.5) is 0 Å². The Kier molecular flexibility index (Phi) is 4.97. The van der Waals surface area contributed by atoms with Gasteiger partial charge in [-0.3, -0.25) is 0 Å². The number of aromatic carboxylic acids is 1. The van der Waals surface area contributed by atoms with Gasteiger partial charge in [0.15, 0.2) is 0 Å². The summed E-state index contributed by atoms with van der Waals surface area (Å²) in [6, 6.07) is 4.87. The molecule has 0 saturated heterocycles. The summed E-state index contributed by atoms with van der Waals surface area (Å²) in [5.74, 6) is -1.13. The highest BCUT2D eigenvalue weighted by Gasteiger charge is 2.21. The summed E-state index contributed by atoms with van der Waals surface area (Å²) in [4.78, 5) is 11.1. The molecule has 1 aliphatic rings. The maximum Gasteiger partial charge on any atom is 0.335 e. The van der Waals surface area contributed by atoms with Gasteiger partial charge in [-0.25, -0.2) is 17.9 Å². The average Bonchev–Trinajstić information content (AvgIpc) is 3.22. The van der Waals surface area contributed by atoms with E-state index in [4.69, 9.17) is 5.11 Å². The third-order valence-corrected chi connectivity index (χ3v) is 5.07. The van der Waals surface area contributed by atoms with Crippen LogP contribution in [0.15, 0.2) is 23.1 Å². The molecule has 0 heterocycles. The van der Waals surface area contributed by atoms with Crippen LogP contribution >= 0.6 is 0 Å². The van der Waals surface area contributed by atoms with Crippen LogP contribution in [0.3, 0.4) is 0 Å². The fraction of sp³-hybridized carbons (Fsp3) is 0.500. The van der Waals surface area contributed by atoms with Crippen molar-refractivity contribution >= 4 is 16.0 Å². The Balaban J connectivity index is 1.97. The lowest BCUT2D eigenvalue weighted by molar-refractivity contribution is 0.0696. The normalized spacial score (nSPS) is 15.1. The lowest BCUT2D eigenvalue weighted by Crippen LogP contribution is -2.28. The van der Waals surface area contributed by atoms with E-state index in [1.807, 2.05) is 0 Å². The zero-order valence-electron chi connectivity index (χ0n) is 11.9. The molecule has 7 heteroatoms. The Hall–Kier alpha value is -1.44. The van der Waals surface area contributed by atoms with Crippen LogP contribution in [0.25, 0.3) is 0 Å². The van der Waals surface area contributed by atoms with E-state index in [0.717, 1.165) is 6.54 Å². The molecule has 21 heavy (non-hydrogen) atoms. The molecular weight excluding hydrogens is 292 g/mol. The number of benzene rings is 1. The fourth-order valence-electron chi connectivity index (χ4n) is 2.10. The first-order valence-electron chi connectivity index (χ1n) is 6.98. The average molecular weight is 312 g/mol. The lowest BCUT2D eigenvalue weighted by Gasteiger charge is -2.11. The Morgan fingerprint density at radius 3 is 2.67 bits per heavy atom. The molecule has 116 valence electrons. The van der Waals surface area contributed by atoms with Crippen molar-refractivity contribution in [2.24, 2.45) is 0 Å². The lowest BCUT2D eigenvalue weighted by atomic mass is 10.1. The SMILES string of the molecule is Cc1c(C(=O)O)cccc1S(=O)(=O)NCCCNC1CC1. The molecule has 1 aliphatic carbocycles. The van der Waals surface area contributed by atoms with Gasteiger partial charge in [-0.2, -0.15) is 0 Å². The number of hydrogen-bond donors (Lipinski definition) is 3. The summed E-state index contributed by atoms with van der Waals surface area (Å²) in [5.41, 5.74) is 0.266. The molecular formula is C14H20N2O4S. The van der Waals surface area contributed by atoms with Gasteiger partial charge >= 0.3 is 5.97 Å². The van der Waals surface area contributed by atoms with Gasteiger partial charge in [0.2, 0.25) is 10.0 Å². The highest BCUT2D eigenvalue weighted by molar-refractivity contribution is 7.89. The van der Waals surface area contributed by atoms with Gasteiger partial charge in [0.25, 0.3) is 0 Å². The maximum atomic E-state index is 12.2. The van der Waals surface area contributed by atoms with Crippen molar-refractivity contribution in [3.05, 3.63) is 29.3 Å². The van der Waals surface area contributed by atoms with Gasteiger partial charge in [-0.05, 0) is 50.4 Å². The van der Waals surface area contributed by atoms with Crippen molar-refractivity contribution in [2.45, 2.75) is 37.1 Å². The van der Waals surface area contributed by atoms with Crippen LogP contribution in [-0.2, 0) is 10.0 Å². The summed E-state index contributed by atoms with van der Waals surface area (Å²) < 4.78 is 26.9. The molecule has 1 aromatic carbocycles. The first-order chi connectivity index (χ1) is 9.92. The molecule has 6 nitrogen and oxygen atoms in total. The number of carboxylic acids is 1. The molecule has 1 fully saturated rings. The molecule has 0 aliphatic heterocycles. The number of rotatable bonds is 8. The number of nitrogens with one attached hydrogen (secondary N) is 2. The second kappa shape index (κ2) is 6.55. The molecule has 0 amide bonds. The molecule has 0 aromatic heterocycles. The zero-order chi connectivity index (χ0) is 15.5. The largest absolute Gasteiger partial charge is 0.478 e. The van der Waals surface area contributed by atoms with E-state index >= 15 is 0 Å². The van der Waals surface area contributed by atoms with Crippen molar-refractivity contribution in [1.29, 1.82) is 0 Å². The molecule has 0 radical (unpaired) electrons. The first-order valence-corrected chi connectivity index (χ1v) is 8.46. The van der Waals surface area contributed by atoms with Gasteiger partial charge in [-0.15, -0.1) is 0 Å². The quantitative estimate of drug-likeness (QED) is 0.625. The van der Waals surface area contributed by atoms with E-state index in [0.29, 0.717) is 19.0 Å². The van der Waals surface area contributed by atoms with Crippen LogP contribution in [0, 0.1) is 6.92 Å². The fourth-order valence-corrected chi connectivity index (χ4v) is 3.44. The summed E-state index contributed by atoms with van der Waals surface area (Å²) in [5, 5.41) is 12.3. The van der Waals surface area contributed by atoms with Crippen LogP contribution in [-0.4, -0.2) is 38.6 Å². The highest BCUT2D eigenvalue weighted by atomic mass is 32.2. The van der Waals surface area contributed by atoms with Gasteiger partial charge in [0.1, 0.15) is 0 Å². The highest BCUT2D eigenvalue weighted by Crippen LogP contribution is 2.19. The van der Waals surface area contributed by atoms with E-state index in [9.17, 15) is 13.2 Å². The molecule has 0 bridgehead atoms. The third-order valence-electron chi connectivity index (χ3n) is 3.46. The van der Waals surface area contributed by atoms with Gasteiger partial charge < -0.3 is 10.4 Å². The number of carboxylic acid groups (broad SMARTS) is 1. The summed E-state index contributed by atoms with van der Waals surface area (Å²) >= 11 is 0. The number of sulfonamides is 1. The minimum absolute atomic E-state index is 0.00766. The molecule has 1 aromatic rings. The molecule has 2 rings (SSSR count). The second-order valence-corrected chi connectivity index (χ2v) is 6.95. The van der Waals surface area contributed by atoms with E-state index in [-0.39, 0.29) is 16.0 Å². The molecule has 0 unspecified atom stereocenters. The first kappa shape index (κ1) is 15.9. The van der Waals surface area contributed by atoms with Crippen molar-refractivity contribution < 1.29 is 18.3 Å².